The summed E-state index contributed by atoms with van der Waals surface area (Å²) in [4.78, 5) is 23.7. The number of halogens is 1. The molecule has 0 aromatic heterocycles. The number of anilines is 1. The Morgan fingerprint density at radius 1 is 1.04 bits per heavy atom. The van der Waals surface area contributed by atoms with E-state index < -0.39 is 0 Å². The number of aryl methyl sites for hydroxylation is 2. The Labute approximate surface area is 154 Å². The molecule has 0 spiro atoms. The van der Waals surface area contributed by atoms with Crippen molar-refractivity contribution in [2.45, 2.75) is 19.3 Å². The number of carbonyl (C=O) groups excluding carboxylic acids is 2. The van der Waals surface area contributed by atoms with Gasteiger partial charge in [0.15, 0.2) is 6.61 Å². The fraction of sp³-hybridized carbons (Fsp3) is 0.263. The number of fused-ring (bicyclic) bond motifs is 1. The number of amides is 2. The van der Waals surface area contributed by atoms with Crippen molar-refractivity contribution in [3.63, 3.8) is 0 Å². The number of hydrogen-bond acceptors (Lipinski definition) is 3. The first-order valence-electron chi connectivity index (χ1n) is 8.17. The summed E-state index contributed by atoms with van der Waals surface area (Å²) in [6, 6.07) is 13.2. The first-order chi connectivity index (χ1) is 12.1. The number of carbonyl (C=O) groups is 2. The minimum atomic E-state index is -0.331. The van der Waals surface area contributed by atoms with Gasteiger partial charge in [0.25, 0.3) is 5.91 Å². The Morgan fingerprint density at radius 3 is 2.68 bits per heavy atom. The molecule has 0 atom stereocenters. The number of ether oxygens (including phenoxy) is 1. The summed E-state index contributed by atoms with van der Waals surface area (Å²) in [5, 5.41) is 5.28. The summed E-state index contributed by atoms with van der Waals surface area (Å²) in [5.74, 6) is 0.0639. The quantitative estimate of drug-likeness (QED) is 0.779. The van der Waals surface area contributed by atoms with Gasteiger partial charge in [0.1, 0.15) is 5.75 Å². The molecule has 1 aliphatic carbocycles. The molecule has 130 valence electrons. The van der Waals surface area contributed by atoms with Crippen molar-refractivity contribution < 1.29 is 14.3 Å². The van der Waals surface area contributed by atoms with Crippen molar-refractivity contribution in [3.05, 3.63) is 58.1 Å². The van der Waals surface area contributed by atoms with E-state index in [0.29, 0.717) is 11.4 Å². The lowest BCUT2D eigenvalue weighted by molar-refractivity contribution is -0.125. The van der Waals surface area contributed by atoms with Gasteiger partial charge in [-0.25, -0.2) is 0 Å². The van der Waals surface area contributed by atoms with Crippen molar-refractivity contribution in [1.29, 1.82) is 0 Å². The second-order valence-electron chi connectivity index (χ2n) is 5.88. The monoisotopic (exact) mass is 402 g/mol. The highest BCUT2D eigenvalue weighted by Gasteiger charge is 2.12. The van der Waals surface area contributed by atoms with Crippen LogP contribution in [0.25, 0.3) is 0 Å². The summed E-state index contributed by atoms with van der Waals surface area (Å²) >= 11 is 3.35. The van der Waals surface area contributed by atoms with Crippen molar-refractivity contribution >= 4 is 33.4 Å². The highest BCUT2D eigenvalue weighted by molar-refractivity contribution is 9.10. The van der Waals surface area contributed by atoms with E-state index in [0.717, 1.165) is 17.3 Å². The van der Waals surface area contributed by atoms with Crippen LogP contribution in [0.15, 0.2) is 46.9 Å². The number of rotatable bonds is 6. The predicted octanol–water partition coefficient (Wildman–Crippen LogP) is 3.07. The summed E-state index contributed by atoms with van der Waals surface area (Å²) < 4.78 is 6.30. The van der Waals surface area contributed by atoms with Gasteiger partial charge in [-0.2, -0.15) is 0 Å². The summed E-state index contributed by atoms with van der Waals surface area (Å²) in [6.45, 7) is -0.213. The van der Waals surface area contributed by atoms with Crippen LogP contribution >= 0.6 is 15.9 Å². The lowest BCUT2D eigenvalue weighted by Gasteiger charge is -2.10. The lowest BCUT2D eigenvalue weighted by Crippen LogP contribution is -2.35. The lowest BCUT2D eigenvalue weighted by atomic mass is 10.1. The summed E-state index contributed by atoms with van der Waals surface area (Å²) in [7, 11) is 0. The molecule has 6 heteroatoms. The number of hydrogen-bond donors (Lipinski definition) is 2. The van der Waals surface area contributed by atoms with Crippen molar-refractivity contribution in [3.8, 4) is 5.75 Å². The zero-order valence-corrected chi connectivity index (χ0v) is 15.3. The van der Waals surface area contributed by atoms with Gasteiger partial charge < -0.3 is 15.4 Å². The Morgan fingerprint density at radius 2 is 1.84 bits per heavy atom. The largest absolute Gasteiger partial charge is 0.484 e. The minimum absolute atomic E-state index is 0.103. The molecule has 0 bridgehead atoms. The van der Waals surface area contributed by atoms with Crippen molar-refractivity contribution in [2.75, 3.05) is 18.5 Å². The highest BCUT2D eigenvalue weighted by atomic mass is 79.9. The van der Waals surface area contributed by atoms with E-state index >= 15 is 0 Å². The standard InChI is InChI=1S/C19H19BrN2O3/c20-16-6-1-2-7-17(16)22-18(23)11-21-19(24)12-25-15-9-8-13-4-3-5-14(13)10-15/h1-2,6-10H,3-5,11-12H2,(H,21,24)(H,22,23). The molecular formula is C19H19BrN2O3. The third-order valence-corrected chi connectivity index (χ3v) is 4.73. The summed E-state index contributed by atoms with van der Waals surface area (Å²) in [5.41, 5.74) is 3.32. The van der Waals surface area contributed by atoms with Crippen molar-refractivity contribution in [2.24, 2.45) is 0 Å². The number of benzene rings is 2. The molecule has 3 rings (SSSR count). The molecule has 0 saturated heterocycles. The summed E-state index contributed by atoms with van der Waals surface area (Å²) in [6.07, 6.45) is 3.35. The second kappa shape index (κ2) is 8.16. The van der Waals surface area contributed by atoms with Crippen molar-refractivity contribution in [1.82, 2.24) is 5.32 Å². The molecule has 5 nitrogen and oxygen atoms in total. The van der Waals surface area contributed by atoms with Crippen LogP contribution in [-0.2, 0) is 22.4 Å². The Balaban J connectivity index is 1.42. The minimum Gasteiger partial charge on any atom is -0.484 e. The predicted molar refractivity (Wildman–Crippen MR) is 99.7 cm³/mol. The number of nitrogens with one attached hydrogen (secondary N) is 2. The average molecular weight is 403 g/mol. The smallest absolute Gasteiger partial charge is 0.258 e. The molecule has 2 amide bonds. The van der Waals surface area contributed by atoms with Crippen LogP contribution in [0.1, 0.15) is 17.5 Å². The molecule has 0 heterocycles. The highest BCUT2D eigenvalue weighted by Crippen LogP contribution is 2.26. The van der Waals surface area contributed by atoms with Gasteiger partial charge in [-0.05, 0) is 70.6 Å². The van der Waals surface area contributed by atoms with Gasteiger partial charge in [-0.1, -0.05) is 18.2 Å². The molecule has 2 aromatic carbocycles. The van der Waals surface area contributed by atoms with Gasteiger partial charge in [0, 0.05) is 4.47 Å². The van der Waals surface area contributed by atoms with Gasteiger partial charge >= 0.3 is 0 Å². The molecular weight excluding hydrogens is 384 g/mol. The van der Waals surface area contributed by atoms with Crippen LogP contribution in [0.3, 0.4) is 0 Å². The van der Waals surface area contributed by atoms with E-state index in [4.69, 9.17) is 4.74 Å². The molecule has 0 saturated carbocycles. The van der Waals surface area contributed by atoms with E-state index in [-0.39, 0.29) is 25.0 Å². The molecule has 0 fully saturated rings. The SMILES string of the molecule is O=C(COc1ccc2c(c1)CCC2)NCC(=O)Nc1ccccc1Br. The molecule has 0 unspecified atom stereocenters. The zero-order chi connectivity index (χ0) is 17.6. The van der Waals surface area contributed by atoms with E-state index in [1.165, 1.54) is 17.5 Å². The Bertz CT molecular complexity index is 792. The van der Waals surface area contributed by atoms with Crippen LogP contribution in [0.4, 0.5) is 5.69 Å². The third-order valence-electron chi connectivity index (χ3n) is 4.03. The van der Waals surface area contributed by atoms with E-state index in [1.807, 2.05) is 30.3 Å². The Hall–Kier alpha value is -2.34. The van der Waals surface area contributed by atoms with Crippen LogP contribution in [-0.4, -0.2) is 25.0 Å². The van der Waals surface area contributed by atoms with Gasteiger partial charge in [-0.3, -0.25) is 9.59 Å². The number of para-hydroxylation sites is 1. The Kier molecular flexibility index (Phi) is 5.71. The van der Waals surface area contributed by atoms with E-state index in [1.54, 1.807) is 6.07 Å². The topological polar surface area (TPSA) is 67.4 Å². The maximum absolute atomic E-state index is 11.9. The van der Waals surface area contributed by atoms with E-state index in [2.05, 4.69) is 32.6 Å². The third kappa shape index (κ3) is 4.82. The molecule has 0 aliphatic heterocycles. The second-order valence-corrected chi connectivity index (χ2v) is 6.73. The van der Waals surface area contributed by atoms with Gasteiger partial charge in [0.05, 0.1) is 12.2 Å². The first-order valence-corrected chi connectivity index (χ1v) is 8.97. The molecule has 0 radical (unpaired) electrons. The molecule has 1 aliphatic rings. The zero-order valence-electron chi connectivity index (χ0n) is 13.7. The molecule has 25 heavy (non-hydrogen) atoms. The normalized spacial score (nSPS) is 12.4. The fourth-order valence-electron chi connectivity index (χ4n) is 2.77. The van der Waals surface area contributed by atoms with Crippen LogP contribution in [0.5, 0.6) is 5.75 Å². The van der Waals surface area contributed by atoms with Gasteiger partial charge in [-0.15, -0.1) is 0 Å². The van der Waals surface area contributed by atoms with Crippen LogP contribution in [0.2, 0.25) is 0 Å². The molecule has 2 aromatic rings. The van der Waals surface area contributed by atoms with Crippen LogP contribution < -0.4 is 15.4 Å². The van der Waals surface area contributed by atoms with Crippen LogP contribution in [0, 0.1) is 0 Å². The van der Waals surface area contributed by atoms with Gasteiger partial charge in [0.2, 0.25) is 5.91 Å². The fourth-order valence-corrected chi connectivity index (χ4v) is 3.16. The first kappa shape index (κ1) is 17.5. The van der Waals surface area contributed by atoms with E-state index in [9.17, 15) is 9.59 Å². The average Bonchev–Trinajstić information content (AvgIpc) is 3.08. The maximum atomic E-state index is 11.9. The maximum Gasteiger partial charge on any atom is 0.258 e. The molecule has 2 N–H and O–H groups in total.